The van der Waals surface area contributed by atoms with Crippen LogP contribution in [-0.2, 0) is 6.54 Å². The SMILES string of the molecule is CCN(CCNCc1cc(Br)c(O)c(Br)c1)C1CC1. The van der Waals surface area contributed by atoms with Crippen LogP contribution in [0, 0.1) is 0 Å². The highest BCUT2D eigenvalue weighted by molar-refractivity contribution is 9.11. The van der Waals surface area contributed by atoms with Gasteiger partial charge in [-0.15, -0.1) is 0 Å². The first-order valence-corrected chi connectivity index (χ1v) is 8.32. The molecule has 1 aliphatic rings. The molecule has 1 fully saturated rings. The third-order valence-electron chi connectivity index (χ3n) is 3.45. The normalized spacial score (nSPS) is 15.2. The van der Waals surface area contributed by atoms with E-state index in [4.69, 9.17) is 0 Å². The highest BCUT2D eigenvalue weighted by Gasteiger charge is 2.26. The molecule has 0 radical (unpaired) electrons. The lowest BCUT2D eigenvalue weighted by molar-refractivity contribution is 0.277. The van der Waals surface area contributed by atoms with Crippen LogP contribution in [0.2, 0.25) is 0 Å². The van der Waals surface area contributed by atoms with Gasteiger partial charge in [-0.1, -0.05) is 6.92 Å². The predicted octanol–water partition coefficient (Wildman–Crippen LogP) is 3.49. The number of aromatic hydroxyl groups is 1. The predicted molar refractivity (Wildman–Crippen MR) is 85.5 cm³/mol. The van der Waals surface area contributed by atoms with Crippen molar-refractivity contribution in [2.45, 2.75) is 32.4 Å². The van der Waals surface area contributed by atoms with E-state index in [-0.39, 0.29) is 5.75 Å². The van der Waals surface area contributed by atoms with Crippen LogP contribution in [0.4, 0.5) is 0 Å². The maximum absolute atomic E-state index is 9.65. The van der Waals surface area contributed by atoms with Crippen molar-refractivity contribution in [3.63, 3.8) is 0 Å². The molecule has 1 aromatic rings. The van der Waals surface area contributed by atoms with Gasteiger partial charge in [0.05, 0.1) is 8.95 Å². The first-order valence-electron chi connectivity index (χ1n) is 6.73. The Morgan fingerprint density at radius 1 is 1.32 bits per heavy atom. The van der Waals surface area contributed by atoms with Gasteiger partial charge in [0.2, 0.25) is 0 Å². The Bertz CT molecular complexity index is 412. The highest BCUT2D eigenvalue weighted by Crippen LogP contribution is 2.33. The quantitative estimate of drug-likeness (QED) is 0.698. The van der Waals surface area contributed by atoms with Gasteiger partial charge in [0.1, 0.15) is 5.75 Å². The standard InChI is InChI=1S/C14H20Br2N2O/c1-2-18(11-3-4-11)6-5-17-9-10-7-12(15)14(19)13(16)8-10/h7-8,11,17,19H,2-6,9H2,1H3. The van der Waals surface area contributed by atoms with Crippen molar-refractivity contribution < 1.29 is 5.11 Å². The zero-order chi connectivity index (χ0) is 13.8. The van der Waals surface area contributed by atoms with E-state index in [2.05, 4.69) is 49.0 Å². The van der Waals surface area contributed by atoms with Crippen molar-refractivity contribution in [3.8, 4) is 5.75 Å². The number of hydrogen-bond donors (Lipinski definition) is 2. The van der Waals surface area contributed by atoms with Crippen molar-refractivity contribution in [3.05, 3.63) is 26.6 Å². The number of nitrogens with zero attached hydrogens (tertiary/aromatic N) is 1. The number of nitrogens with one attached hydrogen (secondary N) is 1. The monoisotopic (exact) mass is 390 g/mol. The van der Waals surface area contributed by atoms with E-state index in [1.54, 1.807) is 0 Å². The van der Waals surface area contributed by atoms with E-state index in [0.29, 0.717) is 0 Å². The summed E-state index contributed by atoms with van der Waals surface area (Å²) < 4.78 is 1.46. The van der Waals surface area contributed by atoms with E-state index in [1.165, 1.54) is 12.8 Å². The second-order valence-electron chi connectivity index (χ2n) is 4.94. The zero-order valence-electron chi connectivity index (χ0n) is 11.1. The molecule has 0 spiro atoms. The molecule has 0 heterocycles. The Kier molecular flexibility index (Phi) is 5.69. The third-order valence-corrected chi connectivity index (χ3v) is 4.66. The Morgan fingerprint density at radius 2 is 1.95 bits per heavy atom. The molecule has 2 N–H and O–H groups in total. The maximum atomic E-state index is 9.65. The lowest BCUT2D eigenvalue weighted by Gasteiger charge is -2.19. The van der Waals surface area contributed by atoms with Gasteiger partial charge in [-0.05, 0) is 68.9 Å². The molecule has 1 aromatic carbocycles. The van der Waals surface area contributed by atoms with Crippen LogP contribution in [-0.4, -0.2) is 35.7 Å². The number of rotatable bonds is 7. The van der Waals surface area contributed by atoms with E-state index < -0.39 is 0 Å². The van der Waals surface area contributed by atoms with Gasteiger partial charge < -0.3 is 10.4 Å². The van der Waals surface area contributed by atoms with Crippen molar-refractivity contribution in [2.24, 2.45) is 0 Å². The minimum absolute atomic E-state index is 0.259. The average Bonchev–Trinajstić information content (AvgIpc) is 3.20. The van der Waals surface area contributed by atoms with Gasteiger partial charge in [-0.25, -0.2) is 0 Å². The topological polar surface area (TPSA) is 35.5 Å². The summed E-state index contributed by atoms with van der Waals surface area (Å²) in [6.45, 7) is 6.30. The Labute approximate surface area is 131 Å². The molecule has 19 heavy (non-hydrogen) atoms. The summed E-state index contributed by atoms with van der Waals surface area (Å²) in [5.74, 6) is 0.259. The maximum Gasteiger partial charge on any atom is 0.143 e. The van der Waals surface area contributed by atoms with Gasteiger partial charge in [0, 0.05) is 25.7 Å². The van der Waals surface area contributed by atoms with Gasteiger partial charge in [0.25, 0.3) is 0 Å². The number of phenols is 1. The van der Waals surface area contributed by atoms with E-state index >= 15 is 0 Å². The molecule has 0 aromatic heterocycles. The van der Waals surface area contributed by atoms with Crippen LogP contribution in [0.15, 0.2) is 21.1 Å². The summed E-state index contributed by atoms with van der Waals surface area (Å²) in [5.41, 5.74) is 1.16. The Morgan fingerprint density at radius 3 is 2.47 bits per heavy atom. The fourth-order valence-electron chi connectivity index (χ4n) is 2.21. The molecule has 106 valence electrons. The molecule has 1 saturated carbocycles. The fraction of sp³-hybridized carbons (Fsp3) is 0.571. The van der Waals surface area contributed by atoms with Crippen LogP contribution in [0.25, 0.3) is 0 Å². The fourth-order valence-corrected chi connectivity index (χ4v) is 3.50. The van der Waals surface area contributed by atoms with E-state index in [1.807, 2.05) is 12.1 Å². The molecular weight excluding hydrogens is 372 g/mol. The van der Waals surface area contributed by atoms with Gasteiger partial charge in [-0.2, -0.15) is 0 Å². The van der Waals surface area contributed by atoms with Crippen LogP contribution >= 0.6 is 31.9 Å². The molecule has 0 amide bonds. The van der Waals surface area contributed by atoms with Crippen LogP contribution in [0.1, 0.15) is 25.3 Å². The number of likely N-dealkylation sites (N-methyl/N-ethyl adjacent to an activating group) is 1. The van der Waals surface area contributed by atoms with Crippen molar-refractivity contribution >= 4 is 31.9 Å². The van der Waals surface area contributed by atoms with Gasteiger partial charge in [0.15, 0.2) is 0 Å². The summed E-state index contributed by atoms with van der Waals surface area (Å²) in [6.07, 6.45) is 2.73. The lowest BCUT2D eigenvalue weighted by atomic mass is 10.2. The molecule has 0 unspecified atom stereocenters. The number of halogens is 2. The van der Waals surface area contributed by atoms with Crippen LogP contribution < -0.4 is 5.32 Å². The molecule has 1 aliphatic carbocycles. The summed E-state index contributed by atoms with van der Waals surface area (Å²) in [5, 5.41) is 13.1. The van der Waals surface area contributed by atoms with Crippen LogP contribution in [0.3, 0.4) is 0 Å². The number of phenolic OH excluding ortho intramolecular Hbond substituents is 1. The minimum Gasteiger partial charge on any atom is -0.506 e. The number of hydrogen-bond acceptors (Lipinski definition) is 3. The molecule has 0 bridgehead atoms. The van der Waals surface area contributed by atoms with Crippen molar-refractivity contribution in [1.82, 2.24) is 10.2 Å². The van der Waals surface area contributed by atoms with Crippen LogP contribution in [0.5, 0.6) is 5.75 Å². The molecule has 0 aliphatic heterocycles. The summed E-state index contributed by atoms with van der Waals surface area (Å²) in [7, 11) is 0. The molecule has 0 saturated heterocycles. The molecule has 3 nitrogen and oxygen atoms in total. The lowest BCUT2D eigenvalue weighted by Crippen LogP contribution is -2.33. The second-order valence-corrected chi connectivity index (χ2v) is 6.65. The molecule has 0 atom stereocenters. The zero-order valence-corrected chi connectivity index (χ0v) is 14.3. The van der Waals surface area contributed by atoms with Crippen molar-refractivity contribution in [1.29, 1.82) is 0 Å². The first-order chi connectivity index (χ1) is 9.11. The Hall–Kier alpha value is -0.100. The molecule has 5 heteroatoms. The minimum atomic E-state index is 0.259. The average molecular weight is 392 g/mol. The third kappa shape index (κ3) is 4.45. The Balaban J connectivity index is 1.76. The smallest absolute Gasteiger partial charge is 0.143 e. The van der Waals surface area contributed by atoms with E-state index in [0.717, 1.165) is 46.7 Å². The molecular formula is C14H20Br2N2O. The first kappa shape index (κ1) is 15.3. The summed E-state index contributed by atoms with van der Waals surface area (Å²) in [4.78, 5) is 2.54. The summed E-state index contributed by atoms with van der Waals surface area (Å²) >= 11 is 6.70. The van der Waals surface area contributed by atoms with Crippen molar-refractivity contribution in [2.75, 3.05) is 19.6 Å². The van der Waals surface area contributed by atoms with Gasteiger partial charge >= 0.3 is 0 Å². The largest absolute Gasteiger partial charge is 0.506 e. The van der Waals surface area contributed by atoms with E-state index in [9.17, 15) is 5.11 Å². The highest BCUT2D eigenvalue weighted by atomic mass is 79.9. The number of benzene rings is 1. The summed E-state index contributed by atoms with van der Waals surface area (Å²) in [6, 6.07) is 4.74. The molecule has 2 rings (SSSR count). The van der Waals surface area contributed by atoms with Gasteiger partial charge in [-0.3, -0.25) is 4.90 Å². The second kappa shape index (κ2) is 7.07.